The van der Waals surface area contributed by atoms with Crippen LogP contribution in [0.15, 0.2) is 78.4 Å². The number of pyridine rings is 2. The Kier molecular flexibility index (Phi) is 5.70. The molecule has 1 aromatic carbocycles. The Morgan fingerprint density at radius 2 is 1.83 bits per heavy atom. The Labute approximate surface area is 172 Å². The lowest BCUT2D eigenvalue weighted by Gasteiger charge is -2.04. The molecule has 0 aliphatic heterocycles. The Balaban J connectivity index is 1.40. The van der Waals surface area contributed by atoms with Gasteiger partial charge in [-0.15, -0.1) is 11.3 Å². The minimum absolute atomic E-state index is 0.127. The van der Waals surface area contributed by atoms with Crippen molar-refractivity contribution >= 4 is 22.9 Å². The average Bonchev–Trinajstić information content (AvgIpc) is 3.22. The zero-order valence-corrected chi connectivity index (χ0v) is 16.2. The van der Waals surface area contributed by atoms with E-state index in [1.165, 1.54) is 11.3 Å². The number of carbonyl (C=O) groups is 1. The van der Waals surface area contributed by atoms with Crippen LogP contribution >= 0.6 is 11.3 Å². The van der Waals surface area contributed by atoms with Crippen molar-refractivity contribution in [3.8, 4) is 22.5 Å². The lowest BCUT2D eigenvalue weighted by molar-refractivity contribution is -0.115. The van der Waals surface area contributed by atoms with Gasteiger partial charge >= 0.3 is 0 Å². The molecule has 0 bridgehead atoms. The van der Waals surface area contributed by atoms with Crippen LogP contribution < -0.4 is 5.32 Å². The van der Waals surface area contributed by atoms with Crippen molar-refractivity contribution in [1.82, 2.24) is 15.0 Å². The highest BCUT2D eigenvalue weighted by atomic mass is 32.1. The predicted molar refractivity (Wildman–Crippen MR) is 114 cm³/mol. The molecule has 140 valence electrons. The summed E-state index contributed by atoms with van der Waals surface area (Å²) in [5, 5.41) is 5.60. The number of aromatic nitrogens is 3. The van der Waals surface area contributed by atoms with Gasteiger partial charge in [-0.25, -0.2) is 9.97 Å². The molecule has 0 atom stereocenters. The van der Waals surface area contributed by atoms with E-state index in [1.807, 2.05) is 66.0 Å². The highest BCUT2D eigenvalue weighted by Crippen LogP contribution is 2.21. The Morgan fingerprint density at radius 1 is 0.966 bits per heavy atom. The molecule has 29 heavy (non-hydrogen) atoms. The lowest BCUT2D eigenvalue weighted by atomic mass is 10.2. The number of thiazole rings is 1. The van der Waals surface area contributed by atoms with Crippen LogP contribution in [0.4, 0.5) is 5.69 Å². The molecule has 0 unspecified atom stereocenters. The van der Waals surface area contributed by atoms with Gasteiger partial charge in [0.25, 0.3) is 0 Å². The summed E-state index contributed by atoms with van der Waals surface area (Å²) in [5.74, 6) is 5.95. The number of anilines is 1. The van der Waals surface area contributed by atoms with Gasteiger partial charge in [-0.1, -0.05) is 24.1 Å². The van der Waals surface area contributed by atoms with Gasteiger partial charge in [-0.05, 0) is 48.4 Å². The molecule has 0 fully saturated rings. The summed E-state index contributed by atoms with van der Waals surface area (Å²) in [7, 11) is 0. The van der Waals surface area contributed by atoms with Gasteiger partial charge in [0.1, 0.15) is 10.7 Å². The van der Waals surface area contributed by atoms with Crippen molar-refractivity contribution in [1.29, 1.82) is 0 Å². The van der Waals surface area contributed by atoms with E-state index in [2.05, 4.69) is 32.1 Å². The Morgan fingerprint density at radius 3 is 2.62 bits per heavy atom. The number of carbonyl (C=O) groups excluding carboxylic acids is 1. The lowest BCUT2D eigenvalue weighted by Crippen LogP contribution is -2.14. The fourth-order valence-corrected chi connectivity index (χ4v) is 3.41. The molecule has 4 rings (SSSR count). The second-order valence-corrected chi connectivity index (χ2v) is 6.99. The first-order valence-electron chi connectivity index (χ1n) is 8.95. The predicted octanol–water partition coefficient (Wildman–Crippen LogP) is 4.18. The molecule has 5 nitrogen and oxygen atoms in total. The Hall–Kier alpha value is -3.82. The molecule has 3 aromatic heterocycles. The van der Waals surface area contributed by atoms with Crippen LogP contribution in [-0.2, 0) is 11.2 Å². The summed E-state index contributed by atoms with van der Waals surface area (Å²) >= 11 is 1.48. The van der Waals surface area contributed by atoms with Gasteiger partial charge in [0.2, 0.25) is 5.91 Å². The van der Waals surface area contributed by atoms with Crippen LogP contribution in [0.3, 0.4) is 0 Å². The first-order valence-corrected chi connectivity index (χ1v) is 9.83. The van der Waals surface area contributed by atoms with Crippen molar-refractivity contribution in [2.75, 3.05) is 5.32 Å². The third kappa shape index (κ3) is 5.12. The summed E-state index contributed by atoms with van der Waals surface area (Å²) in [4.78, 5) is 25.4. The maximum atomic E-state index is 12.4. The highest BCUT2D eigenvalue weighted by Gasteiger charge is 2.10. The normalized spacial score (nSPS) is 10.1. The summed E-state index contributed by atoms with van der Waals surface area (Å²) in [5.41, 5.74) is 3.74. The molecule has 6 heteroatoms. The van der Waals surface area contributed by atoms with Crippen molar-refractivity contribution in [2.24, 2.45) is 0 Å². The number of hydrogen-bond acceptors (Lipinski definition) is 5. The van der Waals surface area contributed by atoms with Crippen LogP contribution in [0.5, 0.6) is 0 Å². The van der Waals surface area contributed by atoms with Crippen LogP contribution in [-0.4, -0.2) is 20.9 Å². The molecule has 0 saturated heterocycles. The fourth-order valence-electron chi connectivity index (χ4n) is 2.61. The van der Waals surface area contributed by atoms with Crippen molar-refractivity contribution in [3.63, 3.8) is 0 Å². The number of amides is 1. The van der Waals surface area contributed by atoms with E-state index in [0.29, 0.717) is 11.4 Å². The summed E-state index contributed by atoms with van der Waals surface area (Å²) in [6.45, 7) is 0. The topological polar surface area (TPSA) is 67.8 Å². The molecular weight excluding hydrogens is 380 g/mol. The number of nitrogens with one attached hydrogen (secondary N) is 1. The molecule has 3 heterocycles. The quantitative estimate of drug-likeness (QED) is 0.526. The zero-order valence-electron chi connectivity index (χ0n) is 15.4. The van der Waals surface area contributed by atoms with E-state index in [1.54, 1.807) is 12.4 Å². The monoisotopic (exact) mass is 396 g/mol. The summed E-state index contributed by atoms with van der Waals surface area (Å²) in [6.07, 6.45) is 3.64. The zero-order chi connectivity index (χ0) is 19.9. The number of benzene rings is 1. The fraction of sp³-hybridized carbons (Fsp3) is 0.0435. The molecule has 1 amide bonds. The number of rotatable bonds is 4. The molecule has 4 aromatic rings. The minimum Gasteiger partial charge on any atom is -0.326 e. The summed E-state index contributed by atoms with van der Waals surface area (Å²) in [6, 6.07) is 18.7. The SMILES string of the molecule is O=C(Cc1csc(-c2ccccn2)n1)Nc1cccc(C#Cc2ccccn2)c1. The maximum absolute atomic E-state index is 12.4. The van der Waals surface area contributed by atoms with E-state index < -0.39 is 0 Å². The van der Waals surface area contributed by atoms with E-state index in [4.69, 9.17) is 0 Å². The van der Waals surface area contributed by atoms with E-state index in [0.717, 1.165) is 22.0 Å². The molecule has 0 radical (unpaired) electrons. The van der Waals surface area contributed by atoms with E-state index in [-0.39, 0.29) is 12.3 Å². The molecule has 0 spiro atoms. The first kappa shape index (κ1) is 18.5. The van der Waals surface area contributed by atoms with Gasteiger partial charge < -0.3 is 5.32 Å². The minimum atomic E-state index is -0.127. The molecular formula is C23H16N4OS. The van der Waals surface area contributed by atoms with Gasteiger partial charge in [-0.3, -0.25) is 9.78 Å². The van der Waals surface area contributed by atoms with Crippen LogP contribution in [0.2, 0.25) is 0 Å². The van der Waals surface area contributed by atoms with Gasteiger partial charge in [0.15, 0.2) is 0 Å². The second kappa shape index (κ2) is 8.91. The van der Waals surface area contributed by atoms with Crippen molar-refractivity contribution in [3.05, 3.63) is 95.4 Å². The van der Waals surface area contributed by atoms with Crippen LogP contribution in [0, 0.1) is 11.8 Å². The largest absolute Gasteiger partial charge is 0.326 e. The van der Waals surface area contributed by atoms with Crippen LogP contribution in [0.1, 0.15) is 17.0 Å². The highest BCUT2D eigenvalue weighted by molar-refractivity contribution is 7.13. The third-order valence-corrected chi connectivity index (χ3v) is 4.84. The molecule has 1 N–H and O–H groups in total. The van der Waals surface area contributed by atoms with E-state index in [9.17, 15) is 4.79 Å². The smallest absolute Gasteiger partial charge is 0.230 e. The molecule has 0 saturated carbocycles. The number of nitrogens with zero attached hydrogens (tertiary/aromatic N) is 3. The first-order chi connectivity index (χ1) is 14.3. The average molecular weight is 396 g/mol. The standard InChI is InChI=1S/C23H16N4OS/c28-22(15-20-16-29-23(27-20)21-9-2-4-13-25-21)26-19-8-5-6-17(14-19)10-11-18-7-1-3-12-24-18/h1-9,12-14,16H,15H2,(H,26,28). The molecule has 0 aliphatic rings. The summed E-state index contributed by atoms with van der Waals surface area (Å²) < 4.78 is 0. The van der Waals surface area contributed by atoms with Crippen molar-refractivity contribution in [2.45, 2.75) is 6.42 Å². The third-order valence-electron chi connectivity index (χ3n) is 3.92. The maximum Gasteiger partial charge on any atom is 0.230 e. The van der Waals surface area contributed by atoms with Gasteiger partial charge in [0.05, 0.1) is 17.8 Å². The Bertz CT molecular complexity index is 1180. The number of hydrogen-bond donors (Lipinski definition) is 1. The second-order valence-electron chi connectivity index (χ2n) is 6.13. The molecule has 0 aliphatic carbocycles. The van der Waals surface area contributed by atoms with Gasteiger partial charge in [0, 0.05) is 29.0 Å². The van der Waals surface area contributed by atoms with Crippen LogP contribution in [0.25, 0.3) is 10.7 Å². The van der Waals surface area contributed by atoms with Crippen molar-refractivity contribution < 1.29 is 4.79 Å². The van der Waals surface area contributed by atoms with Gasteiger partial charge in [-0.2, -0.15) is 0 Å². The van der Waals surface area contributed by atoms with E-state index >= 15 is 0 Å².